The first-order chi connectivity index (χ1) is 17.0. The number of rotatable bonds is 2. The average Bonchev–Trinajstić information content (AvgIpc) is 3.37. The van der Waals surface area contributed by atoms with Crippen LogP contribution in [0.2, 0.25) is 0 Å². The highest BCUT2D eigenvalue weighted by Crippen LogP contribution is 2.38. The molecule has 0 aliphatic carbocycles. The lowest BCUT2D eigenvalue weighted by atomic mass is 10.1. The predicted molar refractivity (Wildman–Crippen MR) is 126 cm³/mol. The Morgan fingerprint density at radius 3 is 2.11 bits per heavy atom. The molecule has 2 saturated heterocycles. The van der Waals surface area contributed by atoms with Crippen molar-refractivity contribution < 1.29 is 43.2 Å². The number of carbonyl (C=O) groups excluding carboxylic acids is 3. The monoisotopic (exact) mass is 521 g/mol. The molecule has 0 radical (unpaired) electrons. The van der Waals surface area contributed by atoms with Gasteiger partial charge in [0.25, 0.3) is 5.91 Å². The Hall–Kier alpha value is -3.20. The van der Waals surface area contributed by atoms with Crippen LogP contribution < -0.4 is 4.90 Å². The zero-order chi connectivity index (χ0) is 27.5. The van der Waals surface area contributed by atoms with Crippen LogP contribution in [0, 0.1) is 0 Å². The third kappa shape index (κ3) is 5.42. The van der Waals surface area contributed by atoms with Crippen LogP contribution in [0.1, 0.15) is 60.2 Å². The predicted octanol–water partition coefficient (Wildman–Crippen LogP) is 2.38. The standard InChI is InChI=1S/C23H31N5O9/c1-21(2,3)36-19(31)28(20(32)37-22(4,5)6)16-11-15(24-9-25-16)27(10-26-11)17(29)13-12-14(18(30)33-13)35-23(7,8)34-12/h9-10,12-14,18,30H,1-8H3/t12-,13-,14-,18+/m1/s1. The number of carbonyl (C=O) groups is 3. The first-order valence-corrected chi connectivity index (χ1v) is 11.6. The van der Waals surface area contributed by atoms with E-state index in [9.17, 15) is 19.5 Å². The van der Waals surface area contributed by atoms with E-state index in [-0.39, 0.29) is 17.0 Å². The van der Waals surface area contributed by atoms with Gasteiger partial charge in [-0.25, -0.2) is 24.5 Å². The summed E-state index contributed by atoms with van der Waals surface area (Å²) in [5, 5.41) is 10.2. The third-order valence-electron chi connectivity index (χ3n) is 5.19. The number of hydrogen-bond donors (Lipinski definition) is 1. The summed E-state index contributed by atoms with van der Waals surface area (Å²) in [6.45, 7) is 13.2. The van der Waals surface area contributed by atoms with E-state index in [1.54, 1.807) is 55.4 Å². The number of imidazole rings is 1. The van der Waals surface area contributed by atoms with E-state index < -0.39 is 59.7 Å². The zero-order valence-corrected chi connectivity index (χ0v) is 21.9. The lowest BCUT2D eigenvalue weighted by molar-refractivity contribution is -0.214. The quantitative estimate of drug-likeness (QED) is 0.614. The number of amides is 2. The SMILES string of the molecule is CC(C)(C)OC(=O)N(C(=O)OC(C)(C)C)c1ncnc2c1ncn2C(=O)[C@@H]1O[C@H](O)[C@@H]2OC(C)(C)O[C@@H]21. The topological polar surface area (TPSA) is 164 Å². The number of fused-ring (bicyclic) bond motifs is 2. The van der Waals surface area contributed by atoms with E-state index in [2.05, 4.69) is 15.0 Å². The molecule has 4 rings (SSSR count). The third-order valence-corrected chi connectivity index (χ3v) is 5.19. The molecule has 2 aromatic rings. The van der Waals surface area contributed by atoms with Crippen molar-refractivity contribution in [2.45, 2.75) is 97.0 Å². The van der Waals surface area contributed by atoms with Gasteiger partial charge >= 0.3 is 12.2 Å². The number of aromatic nitrogens is 4. The Labute approximate surface area is 212 Å². The molecule has 37 heavy (non-hydrogen) atoms. The molecule has 2 aromatic heterocycles. The fourth-order valence-electron chi connectivity index (χ4n) is 3.92. The largest absolute Gasteiger partial charge is 0.443 e. The summed E-state index contributed by atoms with van der Waals surface area (Å²) in [5.41, 5.74) is -1.95. The van der Waals surface area contributed by atoms with Gasteiger partial charge in [0.2, 0.25) is 0 Å². The van der Waals surface area contributed by atoms with Crippen LogP contribution in [0.5, 0.6) is 0 Å². The minimum absolute atomic E-state index is 0.0215. The molecule has 0 spiro atoms. The molecule has 2 aliphatic heterocycles. The van der Waals surface area contributed by atoms with Crippen LogP contribution >= 0.6 is 0 Å². The molecule has 4 heterocycles. The smallest absolute Gasteiger partial charge is 0.425 e. The van der Waals surface area contributed by atoms with Gasteiger partial charge in [0.1, 0.15) is 36.1 Å². The van der Waals surface area contributed by atoms with Crippen molar-refractivity contribution in [1.82, 2.24) is 19.5 Å². The summed E-state index contributed by atoms with van der Waals surface area (Å²) in [7, 11) is 0. The number of ether oxygens (including phenoxy) is 5. The molecule has 14 nitrogen and oxygen atoms in total. The molecular weight excluding hydrogens is 490 g/mol. The van der Waals surface area contributed by atoms with Crippen LogP contribution in [0.4, 0.5) is 15.4 Å². The summed E-state index contributed by atoms with van der Waals surface area (Å²) in [6.07, 6.45) is -4.23. The van der Waals surface area contributed by atoms with Gasteiger partial charge in [-0.05, 0) is 55.4 Å². The van der Waals surface area contributed by atoms with E-state index >= 15 is 0 Å². The van der Waals surface area contributed by atoms with Gasteiger partial charge in [-0.15, -0.1) is 0 Å². The Morgan fingerprint density at radius 2 is 1.54 bits per heavy atom. The number of aliphatic hydroxyl groups is 1. The number of nitrogens with zero attached hydrogens (tertiary/aromatic N) is 5. The number of aliphatic hydroxyl groups excluding tert-OH is 1. The van der Waals surface area contributed by atoms with Gasteiger partial charge in [-0.2, -0.15) is 4.90 Å². The summed E-state index contributed by atoms with van der Waals surface area (Å²) in [6, 6.07) is 0. The van der Waals surface area contributed by atoms with Crippen LogP contribution in [0.25, 0.3) is 11.2 Å². The highest BCUT2D eigenvalue weighted by Gasteiger charge is 2.57. The maximum atomic E-state index is 13.4. The maximum absolute atomic E-state index is 13.4. The average molecular weight is 522 g/mol. The molecule has 202 valence electrons. The van der Waals surface area contributed by atoms with Crippen molar-refractivity contribution in [3.05, 3.63) is 12.7 Å². The van der Waals surface area contributed by atoms with Crippen molar-refractivity contribution in [2.24, 2.45) is 0 Å². The van der Waals surface area contributed by atoms with Gasteiger partial charge < -0.3 is 28.8 Å². The Kier molecular flexibility index (Phi) is 6.51. The summed E-state index contributed by atoms with van der Waals surface area (Å²) in [5.74, 6) is -1.92. The summed E-state index contributed by atoms with van der Waals surface area (Å²) < 4.78 is 28.7. The van der Waals surface area contributed by atoms with Gasteiger partial charge in [-0.3, -0.25) is 9.36 Å². The molecule has 0 saturated carbocycles. The van der Waals surface area contributed by atoms with Gasteiger partial charge in [0, 0.05) is 0 Å². The van der Waals surface area contributed by atoms with Crippen molar-refractivity contribution in [3.63, 3.8) is 0 Å². The normalized spacial score (nSPS) is 25.1. The fourth-order valence-corrected chi connectivity index (χ4v) is 3.92. The minimum Gasteiger partial charge on any atom is -0.443 e. The van der Waals surface area contributed by atoms with E-state index in [0.717, 1.165) is 17.2 Å². The van der Waals surface area contributed by atoms with Crippen LogP contribution in [-0.2, 0) is 23.7 Å². The number of hydrogen-bond acceptors (Lipinski definition) is 12. The van der Waals surface area contributed by atoms with E-state index in [1.165, 1.54) is 0 Å². The van der Waals surface area contributed by atoms with E-state index in [1.807, 2.05) is 0 Å². The number of imide groups is 1. The Bertz CT molecular complexity index is 1200. The highest BCUT2D eigenvalue weighted by molar-refractivity contribution is 6.13. The molecule has 2 fully saturated rings. The lowest BCUT2D eigenvalue weighted by Crippen LogP contribution is -2.44. The van der Waals surface area contributed by atoms with E-state index in [0.29, 0.717) is 4.90 Å². The van der Waals surface area contributed by atoms with Crippen LogP contribution in [0.3, 0.4) is 0 Å². The Morgan fingerprint density at radius 1 is 0.973 bits per heavy atom. The number of anilines is 1. The highest BCUT2D eigenvalue weighted by atomic mass is 16.8. The summed E-state index contributed by atoms with van der Waals surface area (Å²) in [4.78, 5) is 52.6. The van der Waals surface area contributed by atoms with Crippen molar-refractivity contribution in [2.75, 3.05) is 4.90 Å². The molecule has 14 heteroatoms. The van der Waals surface area contributed by atoms with Crippen molar-refractivity contribution >= 4 is 35.1 Å². The maximum Gasteiger partial charge on any atom is 0.425 e. The summed E-state index contributed by atoms with van der Waals surface area (Å²) >= 11 is 0. The molecule has 0 bridgehead atoms. The second-order valence-electron chi connectivity index (χ2n) is 11.1. The lowest BCUT2D eigenvalue weighted by Gasteiger charge is -2.28. The molecular formula is C23H31N5O9. The van der Waals surface area contributed by atoms with Gasteiger partial charge in [0.15, 0.2) is 35.2 Å². The second-order valence-corrected chi connectivity index (χ2v) is 11.1. The molecule has 0 unspecified atom stereocenters. The second kappa shape index (κ2) is 8.97. The van der Waals surface area contributed by atoms with E-state index in [4.69, 9.17) is 23.7 Å². The van der Waals surface area contributed by atoms with Crippen molar-refractivity contribution in [3.8, 4) is 0 Å². The minimum atomic E-state index is -1.38. The first-order valence-electron chi connectivity index (χ1n) is 11.6. The Balaban J connectivity index is 1.72. The van der Waals surface area contributed by atoms with Gasteiger partial charge in [0.05, 0.1) is 0 Å². The molecule has 4 atom stereocenters. The first kappa shape index (κ1) is 26.9. The molecule has 2 amide bonds. The molecule has 1 N–H and O–H groups in total. The fraction of sp³-hybridized carbons (Fsp3) is 0.652. The van der Waals surface area contributed by atoms with Crippen LogP contribution in [0.15, 0.2) is 12.7 Å². The van der Waals surface area contributed by atoms with Crippen LogP contribution in [-0.4, -0.2) is 84.3 Å². The van der Waals surface area contributed by atoms with Crippen molar-refractivity contribution in [1.29, 1.82) is 0 Å². The zero-order valence-electron chi connectivity index (χ0n) is 21.9. The molecule has 2 aliphatic rings. The van der Waals surface area contributed by atoms with Gasteiger partial charge in [-0.1, -0.05) is 0 Å². The molecule has 0 aromatic carbocycles.